The molecule has 1 aliphatic heterocycles. The molecule has 0 aromatic heterocycles. The third kappa shape index (κ3) is 3.66. The van der Waals surface area contributed by atoms with Crippen LogP contribution in [-0.2, 0) is 20.2 Å². The van der Waals surface area contributed by atoms with Gasteiger partial charge in [0.05, 0.1) is 12.0 Å². The third-order valence-corrected chi connectivity index (χ3v) is 7.54. The van der Waals surface area contributed by atoms with Crippen molar-refractivity contribution in [2.75, 3.05) is 47.4 Å². The lowest BCUT2D eigenvalue weighted by Gasteiger charge is -2.34. The molecular formula is C13H21N3O5S2. The average Bonchev–Trinajstić information content (AvgIpc) is 2.54. The Kier molecular flexibility index (Phi) is 5.31. The predicted molar refractivity (Wildman–Crippen MR) is 85.9 cm³/mol. The van der Waals surface area contributed by atoms with E-state index in [0.29, 0.717) is 5.75 Å². The molecule has 0 saturated carbocycles. The van der Waals surface area contributed by atoms with Gasteiger partial charge in [0.1, 0.15) is 5.75 Å². The fraction of sp³-hybridized carbons (Fsp3) is 0.538. The van der Waals surface area contributed by atoms with Gasteiger partial charge in [0.2, 0.25) is 10.0 Å². The Labute approximate surface area is 137 Å². The summed E-state index contributed by atoms with van der Waals surface area (Å²) in [6.45, 7) is 0.522. The van der Waals surface area contributed by atoms with Gasteiger partial charge in [0.15, 0.2) is 0 Å². The Morgan fingerprint density at radius 1 is 0.913 bits per heavy atom. The quantitative estimate of drug-likeness (QED) is 0.724. The topological polar surface area (TPSA) is 87.2 Å². The molecule has 0 radical (unpaired) electrons. The van der Waals surface area contributed by atoms with Crippen LogP contribution < -0.4 is 4.74 Å². The van der Waals surface area contributed by atoms with Gasteiger partial charge in [-0.1, -0.05) is 0 Å². The van der Waals surface area contributed by atoms with Crippen LogP contribution in [0.4, 0.5) is 0 Å². The summed E-state index contributed by atoms with van der Waals surface area (Å²) >= 11 is 0. The molecule has 0 N–H and O–H groups in total. The van der Waals surface area contributed by atoms with Crippen LogP contribution >= 0.6 is 0 Å². The standard InChI is InChI=1S/C13H21N3O5S2/c1-14(2)23(19,20)16-10-8-15(9-11-16)22(17,18)13-6-4-12(21-3)5-7-13/h4-7H,8-11H2,1-3H3. The number of benzene rings is 1. The van der Waals surface area contributed by atoms with Gasteiger partial charge < -0.3 is 4.74 Å². The summed E-state index contributed by atoms with van der Waals surface area (Å²) in [4.78, 5) is 0.169. The molecule has 0 spiro atoms. The van der Waals surface area contributed by atoms with Crippen LogP contribution in [0.25, 0.3) is 0 Å². The molecule has 1 heterocycles. The fourth-order valence-electron chi connectivity index (χ4n) is 2.27. The van der Waals surface area contributed by atoms with Crippen LogP contribution in [0.5, 0.6) is 5.75 Å². The average molecular weight is 363 g/mol. The minimum absolute atomic E-state index is 0.126. The number of hydrogen-bond donors (Lipinski definition) is 0. The molecule has 10 heteroatoms. The van der Waals surface area contributed by atoms with Crippen molar-refractivity contribution >= 4 is 20.2 Å². The van der Waals surface area contributed by atoms with Gasteiger partial charge in [0, 0.05) is 40.3 Å². The second kappa shape index (κ2) is 6.73. The van der Waals surface area contributed by atoms with Crippen molar-refractivity contribution in [1.29, 1.82) is 0 Å². The van der Waals surface area contributed by atoms with E-state index in [-0.39, 0.29) is 31.1 Å². The summed E-state index contributed by atoms with van der Waals surface area (Å²) in [5, 5.41) is 0. The van der Waals surface area contributed by atoms with E-state index in [1.54, 1.807) is 12.1 Å². The minimum atomic E-state index is -3.63. The molecule has 1 aromatic rings. The van der Waals surface area contributed by atoms with E-state index in [1.807, 2.05) is 0 Å². The summed E-state index contributed by atoms with van der Waals surface area (Å²) in [6.07, 6.45) is 0. The van der Waals surface area contributed by atoms with Gasteiger partial charge in [-0.2, -0.15) is 21.3 Å². The van der Waals surface area contributed by atoms with Crippen LogP contribution in [-0.4, -0.2) is 77.1 Å². The Morgan fingerprint density at radius 3 is 1.83 bits per heavy atom. The zero-order valence-corrected chi connectivity index (χ0v) is 15.0. The van der Waals surface area contributed by atoms with Crippen LogP contribution in [0.3, 0.4) is 0 Å². The first-order chi connectivity index (χ1) is 10.7. The molecular weight excluding hydrogens is 342 g/mol. The first kappa shape index (κ1) is 18.1. The lowest BCUT2D eigenvalue weighted by Crippen LogP contribution is -2.52. The number of piperazine rings is 1. The molecule has 0 unspecified atom stereocenters. The Hall–Kier alpha value is -1.20. The Morgan fingerprint density at radius 2 is 1.39 bits per heavy atom. The molecule has 23 heavy (non-hydrogen) atoms. The molecule has 0 aliphatic carbocycles. The highest BCUT2D eigenvalue weighted by Crippen LogP contribution is 2.21. The van der Waals surface area contributed by atoms with Crippen LogP contribution in [0.2, 0.25) is 0 Å². The maximum absolute atomic E-state index is 12.6. The molecule has 1 saturated heterocycles. The maximum atomic E-state index is 12.6. The molecule has 130 valence electrons. The van der Waals surface area contributed by atoms with E-state index in [1.165, 1.54) is 41.9 Å². The SMILES string of the molecule is COc1ccc(S(=O)(=O)N2CCN(S(=O)(=O)N(C)C)CC2)cc1. The van der Waals surface area contributed by atoms with E-state index < -0.39 is 20.2 Å². The minimum Gasteiger partial charge on any atom is -0.497 e. The van der Waals surface area contributed by atoms with Crippen LogP contribution in [0.1, 0.15) is 0 Å². The van der Waals surface area contributed by atoms with E-state index in [2.05, 4.69) is 0 Å². The molecule has 2 rings (SSSR count). The van der Waals surface area contributed by atoms with Crippen molar-refractivity contribution < 1.29 is 21.6 Å². The van der Waals surface area contributed by atoms with E-state index in [9.17, 15) is 16.8 Å². The van der Waals surface area contributed by atoms with Crippen molar-refractivity contribution in [2.24, 2.45) is 0 Å². The lowest BCUT2D eigenvalue weighted by molar-refractivity contribution is 0.262. The number of sulfonamides is 1. The monoisotopic (exact) mass is 363 g/mol. The van der Waals surface area contributed by atoms with Crippen molar-refractivity contribution in [3.63, 3.8) is 0 Å². The highest BCUT2D eigenvalue weighted by Gasteiger charge is 2.33. The normalized spacial score (nSPS) is 18.3. The first-order valence-electron chi connectivity index (χ1n) is 7.01. The molecule has 0 bridgehead atoms. The maximum Gasteiger partial charge on any atom is 0.281 e. The summed E-state index contributed by atoms with van der Waals surface area (Å²) in [7, 11) is -2.73. The van der Waals surface area contributed by atoms with Gasteiger partial charge >= 0.3 is 0 Å². The smallest absolute Gasteiger partial charge is 0.281 e. The number of hydrogen-bond acceptors (Lipinski definition) is 5. The van der Waals surface area contributed by atoms with Gasteiger partial charge in [-0.3, -0.25) is 0 Å². The van der Waals surface area contributed by atoms with Gasteiger partial charge in [-0.25, -0.2) is 8.42 Å². The second-order valence-electron chi connectivity index (χ2n) is 5.27. The van der Waals surface area contributed by atoms with Crippen LogP contribution in [0, 0.1) is 0 Å². The van der Waals surface area contributed by atoms with Gasteiger partial charge in [-0.15, -0.1) is 0 Å². The Balaban J connectivity index is 2.12. The fourth-order valence-corrected chi connectivity index (χ4v) is 4.78. The molecule has 1 fully saturated rings. The Bertz CT molecular complexity index is 736. The van der Waals surface area contributed by atoms with Crippen molar-refractivity contribution in [1.82, 2.24) is 12.9 Å². The van der Waals surface area contributed by atoms with Gasteiger partial charge in [0.25, 0.3) is 10.2 Å². The first-order valence-corrected chi connectivity index (χ1v) is 9.85. The number of rotatable bonds is 5. The van der Waals surface area contributed by atoms with E-state index in [4.69, 9.17) is 4.74 Å². The highest BCUT2D eigenvalue weighted by atomic mass is 32.2. The summed E-state index contributed by atoms with van der Waals surface area (Å²) in [5.74, 6) is 0.575. The van der Waals surface area contributed by atoms with Crippen molar-refractivity contribution in [3.8, 4) is 5.75 Å². The molecule has 0 atom stereocenters. The molecule has 1 aromatic carbocycles. The van der Waals surface area contributed by atoms with E-state index in [0.717, 1.165) is 4.31 Å². The molecule has 8 nitrogen and oxygen atoms in total. The second-order valence-corrected chi connectivity index (χ2v) is 9.35. The zero-order chi connectivity index (χ0) is 17.3. The van der Waals surface area contributed by atoms with E-state index >= 15 is 0 Å². The number of ether oxygens (including phenoxy) is 1. The van der Waals surface area contributed by atoms with Crippen LogP contribution in [0.15, 0.2) is 29.2 Å². The lowest BCUT2D eigenvalue weighted by atomic mass is 10.3. The van der Waals surface area contributed by atoms with Gasteiger partial charge in [-0.05, 0) is 24.3 Å². The summed E-state index contributed by atoms with van der Waals surface area (Å²) in [6, 6.07) is 6.13. The molecule has 1 aliphatic rings. The van der Waals surface area contributed by atoms with Crippen molar-refractivity contribution in [2.45, 2.75) is 4.90 Å². The largest absolute Gasteiger partial charge is 0.497 e. The molecule has 0 amide bonds. The summed E-state index contributed by atoms with van der Waals surface area (Å²) < 4.78 is 58.0. The van der Waals surface area contributed by atoms with Crippen molar-refractivity contribution in [3.05, 3.63) is 24.3 Å². The third-order valence-electron chi connectivity index (χ3n) is 3.68. The predicted octanol–water partition coefficient (Wildman–Crippen LogP) is -0.192. The summed E-state index contributed by atoms with van der Waals surface area (Å²) in [5.41, 5.74) is 0. The highest BCUT2D eigenvalue weighted by molar-refractivity contribution is 7.89. The zero-order valence-electron chi connectivity index (χ0n) is 13.3. The number of methoxy groups -OCH3 is 1. The number of nitrogens with zero attached hydrogens (tertiary/aromatic N) is 3.